The highest BCUT2D eigenvalue weighted by Crippen LogP contribution is 2.28. The molecule has 0 unspecified atom stereocenters. The van der Waals surface area contributed by atoms with Gasteiger partial charge in [0.05, 0.1) is 18.4 Å². The van der Waals surface area contributed by atoms with Crippen molar-refractivity contribution in [3.05, 3.63) is 53.9 Å². The fourth-order valence-corrected chi connectivity index (χ4v) is 2.24. The van der Waals surface area contributed by atoms with Gasteiger partial charge in [-0.15, -0.1) is 0 Å². The van der Waals surface area contributed by atoms with E-state index in [4.69, 9.17) is 0 Å². The second-order valence-electron chi connectivity index (χ2n) is 4.68. The molecule has 100 valence electrons. The number of nitrogens with zero attached hydrogens (tertiary/aromatic N) is 1. The van der Waals surface area contributed by atoms with Crippen LogP contribution >= 0.6 is 0 Å². The maximum atomic E-state index is 11.4. The van der Waals surface area contributed by atoms with Crippen molar-refractivity contribution in [2.75, 3.05) is 7.11 Å². The molecule has 0 aliphatic rings. The first-order valence-electron chi connectivity index (χ1n) is 6.31. The number of pyridine rings is 1. The Bertz CT molecular complexity index is 773. The van der Waals surface area contributed by atoms with Gasteiger partial charge in [-0.05, 0) is 31.2 Å². The van der Waals surface area contributed by atoms with Crippen LogP contribution < -0.4 is 0 Å². The Balaban J connectivity index is 2.07. The van der Waals surface area contributed by atoms with Crippen LogP contribution in [0, 0.1) is 6.92 Å². The van der Waals surface area contributed by atoms with Crippen LogP contribution in [-0.4, -0.2) is 23.0 Å². The average molecular weight is 266 g/mol. The fourth-order valence-electron chi connectivity index (χ4n) is 2.24. The van der Waals surface area contributed by atoms with Gasteiger partial charge in [-0.1, -0.05) is 11.6 Å². The lowest BCUT2D eigenvalue weighted by Crippen LogP contribution is -2.01. The number of nitrogens with one attached hydrogen (secondary N) is 1. The fraction of sp³-hybridized carbons (Fsp3) is 0.125. The topological polar surface area (TPSA) is 55.0 Å². The molecule has 4 nitrogen and oxygen atoms in total. The van der Waals surface area contributed by atoms with Crippen LogP contribution in [0.25, 0.3) is 22.2 Å². The van der Waals surface area contributed by atoms with Gasteiger partial charge < -0.3 is 9.72 Å². The molecule has 20 heavy (non-hydrogen) atoms. The van der Waals surface area contributed by atoms with Crippen LogP contribution in [-0.2, 0) is 4.74 Å². The molecule has 0 atom stereocenters. The molecule has 0 saturated carbocycles. The highest BCUT2D eigenvalue weighted by atomic mass is 16.5. The zero-order chi connectivity index (χ0) is 14.1. The van der Waals surface area contributed by atoms with E-state index >= 15 is 0 Å². The van der Waals surface area contributed by atoms with E-state index in [2.05, 4.69) is 39.8 Å². The molecular formula is C16H14N2O2. The van der Waals surface area contributed by atoms with Gasteiger partial charge >= 0.3 is 5.97 Å². The van der Waals surface area contributed by atoms with Crippen molar-refractivity contribution in [1.82, 2.24) is 9.97 Å². The second kappa shape index (κ2) is 4.81. The Morgan fingerprint density at radius 2 is 2.10 bits per heavy atom. The maximum Gasteiger partial charge on any atom is 0.339 e. The number of carbonyl (C=O) groups excluding carboxylic acids is 1. The van der Waals surface area contributed by atoms with Gasteiger partial charge in [0, 0.05) is 28.9 Å². The molecule has 4 heteroatoms. The highest BCUT2D eigenvalue weighted by molar-refractivity contribution is 5.95. The molecule has 3 rings (SSSR count). The molecule has 3 aromatic rings. The number of benzene rings is 1. The highest BCUT2D eigenvalue weighted by Gasteiger charge is 2.10. The summed E-state index contributed by atoms with van der Waals surface area (Å²) in [7, 11) is 1.36. The quantitative estimate of drug-likeness (QED) is 0.724. The summed E-state index contributed by atoms with van der Waals surface area (Å²) in [6.45, 7) is 2.06. The molecule has 0 fully saturated rings. The third kappa shape index (κ3) is 2.05. The Morgan fingerprint density at radius 1 is 1.25 bits per heavy atom. The Kier molecular flexibility index (Phi) is 2.99. The van der Waals surface area contributed by atoms with E-state index in [9.17, 15) is 4.79 Å². The summed E-state index contributed by atoms with van der Waals surface area (Å²) in [5.41, 5.74) is 4.58. The number of methoxy groups -OCH3 is 1. The first kappa shape index (κ1) is 12.4. The summed E-state index contributed by atoms with van der Waals surface area (Å²) < 4.78 is 4.67. The number of esters is 1. The number of hydrogen-bond acceptors (Lipinski definition) is 3. The van der Waals surface area contributed by atoms with Crippen LogP contribution in [0.3, 0.4) is 0 Å². The van der Waals surface area contributed by atoms with E-state index in [1.54, 1.807) is 6.07 Å². The predicted molar refractivity (Wildman–Crippen MR) is 77.6 cm³/mol. The summed E-state index contributed by atoms with van der Waals surface area (Å²) in [6, 6.07) is 9.80. The largest absolute Gasteiger partial charge is 0.465 e. The third-order valence-electron chi connectivity index (χ3n) is 3.30. The normalized spacial score (nSPS) is 10.7. The Labute approximate surface area is 116 Å². The molecule has 0 bridgehead atoms. The van der Waals surface area contributed by atoms with Crippen molar-refractivity contribution in [2.45, 2.75) is 6.92 Å². The van der Waals surface area contributed by atoms with Crippen LogP contribution in [0.1, 0.15) is 15.9 Å². The van der Waals surface area contributed by atoms with Gasteiger partial charge in [-0.3, -0.25) is 4.98 Å². The first-order chi connectivity index (χ1) is 9.69. The molecule has 0 aliphatic heterocycles. The van der Waals surface area contributed by atoms with Gasteiger partial charge in [-0.2, -0.15) is 0 Å². The van der Waals surface area contributed by atoms with Crippen molar-refractivity contribution in [3.63, 3.8) is 0 Å². The molecule has 2 heterocycles. The lowest BCUT2D eigenvalue weighted by atomic mass is 10.1. The van der Waals surface area contributed by atoms with E-state index in [-0.39, 0.29) is 5.97 Å². The SMILES string of the molecule is COC(=O)c1ccc(-c2c[nH]c3ccc(C)cc23)nc1. The van der Waals surface area contributed by atoms with Gasteiger partial charge in [0.2, 0.25) is 0 Å². The summed E-state index contributed by atoms with van der Waals surface area (Å²) in [4.78, 5) is 19.0. The third-order valence-corrected chi connectivity index (χ3v) is 3.30. The van der Waals surface area contributed by atoms with Crippen molar-refractivity contribution < 1.29 is 9.53 Å². The number of hydrogen-bond donors (Lipinski definition) is 1. The van der Waals surface area contributed by atoms with E-state index < -0.39 is 0 Å². The molecule has 1 aromatic carbocycles. The minimum Gasteiger partial charge on any atom is -0.465 e. The molecule has 0 spiro atoms. The van der Waals surface area contributed by atoms with Gasteiger partial charge in [0.25, 0.3) is 0 Å². The van der Waals surface area contributed by atoms with Crippen molar-refractivity contribution >= 4 is 16.9 Å². The van der Waals surface area contributed by atoms with Crippen LogP contribution in [0.2, 0.25) is 0 Å². The van der Waals surface area contributed by atoms with Crippen molar-refractivity contribution in [2.24, 2.45) is 0 Å². The molecular weight excluding hydrogens is 252 g/mol. The number of ether oxygens (including phenoxy) is 1. The summed E-state index contributed by atoms with van der Waals surface area (Å²) in [5.74, 6) is -0.376. The smallest absolute Gasteiger partial charge is 0.339 e. The average Bonchev–Trinajstić information content (AvgIpc) is 2.89. The first-order valence-corrected chi connectivity index (χ1v) is 6.31. The number of rotatable bonds is 2. The predicted octanol–water partition coefficient (Wildman–Crippen LogP) is 3.32. The van der Waals surface area contributed by atoms with Gasteiger partial charge in [-0.25, -0.2) is 4.79 Å². The number of aromatic amines is 1. The van der Waals surface area contributed by atoms with Crippen molar-refractivity contribution in [1.29, 1.82) is 0 Å². The Hall–Kier alpha value is -2.62. The zero-order valence-electron chi connectivity index (χ0n) is 11.3. The number of fused-ring (bicyclic) bond motifs is 1. The number of aryl methyl sites for hydroxylation is 1. The molecule has 0 saturated heterocycles. The molecule has 1 N–H and O–H groups in total. The van der Waals surface area contributed by atoms with Gasteiger partial charge in [0.1, 0.15) is 0 Å². The molecule has 0 radical (unpaired) electrons. The zero-order valence-corrected chi connectivity index (χ0v) is 11.3. The molecule has 0 aliphatic carbocycles. The minimum atomic E-state index is -0.376. The van der Waals surface area contributed by atoms with E-state index in [0.29, 0.717) is 5.56 Å². The summed E-state index contributed by atoms with van der Waals surface area (Å²) in [6.07, 6.45) is 3.47. The number of aromatic nitrogens is 2. The van der Waals surface area contributed by atoms with E-state index in [0.717, 1.165) is 22.2 Å². The summed E-state index contributed by atoms with van der Waals surface area (Å²) >= 11 is 0. The molecule has 0 amide bonds. The lowest BCUT2D eigenvalue weighted by molar-refractivity contribution is 0.0600. The maximum absolute atomic E-state index is 11.4. The number of H-pyrrole nitrogens is 1. The van der Waals surface area contributed by atoms with E-state index in [1.807, 2.05) is 12.3 Å². The minimum absolute atomic E-state index is 0.376. The second-order valence-corrected chi connectivity index (χ2v) is 4.68. The lowest BCUT2D eigenvalue weighted by Gasteiger charge is -2.02. The molecule has 2 aromatic heterocycles. The summed E-state index contributed by atoms with van der Waals surface area (Å²) in [5, 5.41) is 1.13. The monoisotopic (exact) mass is 266 g/mol. The van der Waals surface area contributed by atoms with Crippen molar-refractivity contribution in [3.8, 4) is 11.3 Å². The Morgan fingerprint density at radius 3 is 2.80 bits per heavy atom. The number of carbonyl (C=O) groups is 1. The standard InChI is InChI=1S/C16H14N2O2/c1-10-3-5-14-12(7-10)13(9-18-14)15-6-4-11(8-17-15)16(19)20-2/h3-9,18H,1-2H3. The van der Waals surface area contributed by atoms with Crippen LogP contribution in [0.15, 0.2) is 42.7 Å². The van der Waals surface area contributed by atoms with Crippen LogP contribution in [0.5, 0.6) is 0 Å². The van der Waals surface area contributed by atoms with Crippen LogP contribution in [0.4, 0.5) is 0 Å². The van der Waals surface area contributed by atoms with E-state index in [1.165, 1.54) is 18.9 Å². The van der Waals surface area contributed by atoms with Gasteiger partial charge in [0.15, 0.2) is 0 Å².